The highest BCUT2D eigenvalue weighted by Gasteiger charge is 2.09. The van der Waals surface area contributed by atoms with Crippen molar-refractivity contribution in [2.45, 2.75) is 19.8 Å². The van der Waals surface area contributed by atoms with E-state index in [1.807, 2.05) is 0 Å². The van der Waals surface area contributed by atoms with Crippen LogP contribution in [0.1, 0.15) is 18.7 Å². The summed E-state index contributed by atoms with van der Waals surface area (Å²) in [5.74, 6) is -1.09. The molecule has 0 unspecified atom stereocenters. The van der Waals surface area contributed by atoms with Crippen molar-refractivity contribution < 1.29 is 19.2 Å². The average Bonchev–Trinajstić information content (AvgIpc) is 2.48. The SMILES string of the molecule is Cc1noc(NC(=O)CCC(=O)O)n1. The van der Waals surface area contributed by atoms with Gasteiger partial charge in [-0.15, -0.1) is 0 Å². The summed E-state index contributed by atoms with van der Waals surface area (Å²) in [6.07, 6.45) is -0.338. The molecule has 0 fully saturated rings. The Morgan fingerprint density at radius 2 is 2.21 bits per heavy atom. The summed E-state index contributed by atoms with van der Waals surface area (Å²) in [6, 6.07) is -0.0158. The normalized spacial score (nSPS) is 9.79. The fraction of sp³-hybridized carbons (Fsp3) is 0.429. The molecule has 0 aromatic carbocycles. The van der Waals surface area contributed by atoms with Crippen molar-refractivity contribution in [1.29, 1.82) is 0 Å². The zero-order valence-electron chi connectivity index (χ0n) is 7.48. The Balaban J connectivity index is 2.37. The van der Waals surface area contributed by atoms with Crippen LogP contribution in [0, 0.1) is 6.92 Å². The van der Waals surface area contributed by atoms with E-state index in [1.165, 1.54) is 0 Å². The predicted molar refractivity (Wildman–Crippen MR) is 44.5 cm³/mol. The predicted octanol–water partition coefficient (Wildman–Crippen LogP) is 0.181. The van der Waals surface area contributed by atoms with Gasteiger partial charge in [0.25, 0.3) is 0 Å². The van der Waals surface area contributed by atoms with Gasteiger partial charge in [0.2, 0.25) is 5.91 Å². The topological polar surface area (TPSA) is 105 Å². The van der Waals surface area contributed by atoms with E-state index >= 15 is 0 Å². The summed E-state index contributed by atoms with van der Waals surface area (Å²) in [5, 5.41) is 14.0. The summed E-state index contributed by atoms with van der Waals surface area (Å²) < 4.78 is 4.60. The first-order valence-electron chi connectivity index (χ1n) is 3.90. The second-order valence-electron chi connectivity index (χ2n) is 2.59. The molecule has 0 atom stereocenters. The second kappa shape index (κ2) is 4.35. The van der Waals surface area contributed by atoms with Gasteiger partial charge in [-0.05, 0) is 6.92 Å². The first kappa shape index (κ1) is 10.2. The number of carbonyl (C=O) groups is 2. The van der Waals surface area contributed by atoms with Gasteiger partial charge in [-0.1, -0.05) is 5.16 Å². The van der Waals surface area contributed by atoms with Crippen molar-refractivity contribution >= 4 is 17.9 Å². The molecule has 0 saturated carbocycles. The van der Waals surface area contributed by atoms with Gasteiger partial charge >= 0.3 is 12.0 Å². The van der Waals surface area contributed by atoms with Crippen molar-refractivity contribution in [2.24, 2.45) is 0 Å². The van der Waals surface area contributed by atoms with Crippen molar-refractivity contribution in [3.05, 3.63) is 5.82 Å². The van der Waals surface area contributed by atoms with Crippen LogP contribution in [-0.4, -0.2) is 27.1 Å². The Morgan fingerprint density at radius 3 is 2.71 bits per heavy atom. The Morgan fingerprint density at radius 1 is 1.50 bits per heavy atom. The van der Waals surface area contributed by atoms with Crippen LogP contribution < -0.4 is 5.32 Å². The van der Waals surface area contributed by atoms with Crippen LogP contribution in [0.3, 0.4) is 0 Å². The van der Waals surface area contributed by atoms with Crippen molar-refractivity contribution in [2.75, 3.05) is 5.32 Å². The molecule has 1 aromatic heterocycles. The second-order valence-corrected chi connectivity index (χ2v) is 2.59. The number of anilines is 1. The van der Waals surface area contributed by atoms with E-state index in [1.54, 1.807) is 6.92 Å². The number of carbonyl (C=O) groups excluding carboxylic acids is 1. The number of hydrogen-bond acceptors (Lipinski definition) is 5. The number of nitrogens with one attached hydrogen (secondary N) is 1. The van der Waals surface area contributed by atoms with Crippen LogP contribution >= 0.6 is 0 Å². The number of carboxylic acid groups (broad SMARTS) is 1. The minimum absolute atomic E-state index is 0.0158. The molecule has 7 nitrogen and oxygen atoms in total. The number of aliphatic carboxylic acids is 1. The van der Waals surface area contributed by atoms with Crippen LogP contribution in [0.25, 0.3) is 0 Å². The van der Waals surface area contributed by atoms with Gasteiger partial charge in [0.05, 0.1) is 6.42 Å². The number of aromatic nitrogens is 2. The minimum Gasteiger partial charge on any atom is -0.481 e. The lowest BCUT2D eigenvalue weighted by Gasteiger charge is -1.96. The van der Waals surface area contributed by atoms with E-state index in [4.69, 9.17) is 5.11 Å². The highest BCUT2D eigenvalue weighted by atomic mass is 16.5. The van der Waals surface area contributed by atoms with Crippen LogP contribution in [0.5, 0.6) is 0 Å². The zero-order chi connectivity index (χ0) is 10.6. The number of amides is 1. The number of nitrogens with zero attached hydrogens (tertiary/aromatic N) is 2. The number of carboxylic acids is 1. The highest BCUT2D eigenvalue weighted by Crippen LogP contribution is 2.03. The summed E-state index contributed by atoms with van der Waals surface area (Å²) in [4.78, 5) is 24.9. The molecule has 1 rings (SSSR count). The average molecular weight is 199 g/mol. The molecule has 1 aromatic rings. The Kier molecular flexibility index (Phi) is 3.16. The quantitative estimate of drug-likeness (QED) is 0.716. The Bertz CT molecular complexity index is 346. The van der Waals surface area contributed by atoms with Gasteiger partial charge < -0.3 is 9.63 Å². The molecular weight excluding hydrogens is 190 g/mol. The van der Waals surface area contributed by atoms with Crippen LogP contribution in [0.4, 0.5) is 6.01 Å². The molecule has 14 heavy (non-hydrogen) atoms. The maximum Gasteiger partial charge on any atom is 0.328 e. The Labute approximate surface area is 79.1 Å². The van der Waals surface area contributed by atoms with E-state index < -0.39 is 11.9 Å². The van der Waals surface area contributed by atoms with Crippen molar-refractivity contribution in [3.63, 3.8) is 0 Å². The van der Waals surface area contributed by atoms with E-state index in [0.29, 0.717) is 5.82 Å². The first-order valence-corrected chi connectivity index (χ1v) is 3.90. The molecular formula is C7H9N3O4. The van der Waals surface area contributed by atoms with Gasteiger partial charge in [-0.25, -0.2) is 0 Å². The van der Waals surface area contributed by atoms with Crippen molar-refractivity contribution in [3.8, 4) is 0 Å². The molecule has 0 radical (unpaired) electrons. The molecule has 0 bridgehead atoms. The summed E-state index contributed by atoms with van der Waals surface area (Å²) >= 11 is 0. The molecule has 0 aliphatic rings. The first-order chi connectivity index (χ1) is 6.58. The number of aryl methyl sites for hydroxylation is 1. The maximum absolute atomic E-state index is 11.0. The largest absolute Gasteiger partial charge is 0.481 e. The van der Waals surface area contributed by atoms with Gasteiger partial charge in [0.15, 0.2) is 5.82 Å². The smallest absolute Gasteiger partial charge is 0.328 e. The molecule has 0 spiro atoms. The lowest BCUT2D eigenvalue weighted by atomic mass is 10.3. The fourth-order valence-electron chi connectivity index (χ4n) is 0.750. The van der Waals surface area contributed by atoms with Gasteiger partial charge in [0.1, 0.15) is 0 Å². The number of hydrogen-bond donors (Lipinski definition) is 2. The van der Waals surface area contributed by atoms with Gasteiger partial charge in [0, 0.05) is 6.42 Å². The lowest BCUT2D eigenvalue weighted by Crippen LogP contribution is -2.13. The summed E-state index contributed by atoms with van der Waals surface area (Å²) in [7, 11) is 0. The zero-order valence-corrected chi connectivity index (χ0v) is 7.48. The molecule has 76 valence electrons. The van der Waals surface area contributed by atoms with Gasteiger partial charge in [-0.3, -0.25) is 14.9 Å². The molecule has 2 N–H and O–H groups in total. The fourth-order valence-corrected chi connectivity index (χ4v) is 0.750. The van der Waals surface area contributed by atoms with E-state index in [2.05, 4.69) is 20.0 Å². The third-order valence-corrected chi connectivity index (χ3v) is 1.34. The molecule has 7 heteroatoms. The Hall–Kier alpha value is -1.92. The van der Waals surface area contributed by atoms with E-state index in [0.717, 1.165) is 0 Å². The number of rotatable bonds is 4. The van der Waals surface area contributed by atoms with E-state index in [9.17, 15) is 9.59 Å². The summed E-state index contributed by atoms with van der Waals surface area (Å²) in [6.45, 7) is 1.61. The lowest BCUT2D eigenvalue weighted by molar-refractivity contribution is -0.138. The molecule has 1 heterocycles. The third-order valence-electron chi connectivity index (χ3n) is 1.34. The minimum atomic E-state index is -1.03. The molecule has 0 aliphatic heterocycles. The van der Waals surface area contributed by atoms with Crippen LogP contribution in [0.2, 0.25) is 0 Å². The maximum atomic E-state index is 11.0. The standard InChI is InChI=1S/C7H9N3O4/c1-4-8-7(14-10-4)9-5(11)2-3-6(12)13/h2-3H2,1H3,(H,12,13)(H,8,9,10,11). The van der Waals surface area contributed by atoms with Crippen LogP contribution in [-0.2, 0) is 9.59 Å². The third kappa shape index (κ3) is 3.21. The highest BCUT2D eigenvalue weighted by molar-refractivity contribution is 5.90. The molecule has 0 saturated heterocycles. The van der Waals surface area contributed by atoms with Gasteiger partial charge in [-0.2, -0.15) is 4.98 Å². The molecule has 0 aliphatic carbocycles. The molecule has 1 amide bonds. The van der Waals surface area contributed by atoms with Crippen molar-refractivity contribution in [1.82, 2.24) is 10.1 Å². The van der Waals surface area contributed by atoms with E-state index in [-0.39, 0.29) is 18.9 Å². The summed E-state index contributed by atoms with van der Waals surface area (Å²) in [5.41, 5.74) is 0. The monoisotopic (exact) mass is 199 g/mol. The van der Waals surface area contributed by atoms with Crippen LogP contribution in [0.15, 0.2) is 4.52 Å².